The number of esters is 2. The van der Waals surface area contributed by atoms with Crippen LogP contribution in [-0.4, -0.2) is 74.9 Å². The van der Waals surface area contributed by atoms with Crippen LogP contribution < -0.4 is 0 Å². The van der Waals surface area contributed by atoms with Crippen molar-refractivity contribution in [3.8, 4) is 0 Å². The molecule has 402 valence electrons. The molecule has 0 aromatic carbocycles. The number of unbranched alkanes of at least 4 members (excludes halogenated alkanes) is 36. The number of hydrogen-bond acceptors (Lipinski definition) is 7. The zero-order valence-corrected chi connectivity index (χ0v) is 46.5. The second kappa shape index (κ2) is 50.4. The Morgan fingerprint density at radius 3 is 1.13 bits per heavy atom. The summed E-state index contributed by atoms with van der Waals surface area (Å²) in [4.78, 5) is 35.6. The van der Waals surface area contributed by atoms with Crippen molar-refractivity contribution in [2.24, 2.45) is 0 Å². The largest absolute Gasteiger partial charge is 0.472 e. The van der Waals surface area contributed by atoms with Gasteiger partial charge in [0, 0.05) is 12.8 Å². The van der Waals surface area contributed by atoms with E-state index < -0.39 is 32.5 Å². The van der Waals surface area contributed by atoms with E-state index >= 15 is 0 Å². The van der Waals surface area contributed by atoms with Gasteiger partial charge in [0.2, 0.25) is 0 Å². The van der Waals surface area contributed by atoms with Crippen molar-refractivity contribution in [3.05, 3.63) is 24.3 Å². The Kier molecular flexibility index (Phi) is 49.3. The summed E-state index contributed by atoms with van der Waals surface area (Å²) in [5.74, 6) is -0.822. The maximum atomic E-state index is 12.8. The van der Waals surface area contributed by atoms with Crippen LogP contribution in [0.1, 0.15) is 284 Å². The third kappa shape index (κ3) is 53.8. The van der Waals surface area contributed by atoms with Crippen molar-refractivity contribution in [1.29, 1.82) is 0 Å². The first-order valence-electron chi connectivity index (χ1n) is 29.1. The molecular weight excluding hydrogens is 870 g/mol. The van der Waals surface area contributed by atoms with Gasteiger partial charge in [-0.2, -0.15) is 0 Å². The zero-order valence-electron chi connectivity index (χ0n) is 45.6. The fourth-order valence-corrected chi connectivity index (χ4v) is 9.17. The quantitative estimate of drug-likeness (QED) is 0.0211. The predicted molar refractivity (Wildman–Crippen MR) is 289 cm³/mol. The molecule has 0 saturated heterocycles. The van der Waals surface area contributed by atoms with E-state index in [-0.39, 0.29) is 26.1 Å². The molecule has 0 radical (unpaired) electrons. The minimum atomic E-state index is -4.39. The van der Waals surface area contributed by atoms with Crippen LogP contribution in [0.4, 0.5) is 0 Å². The van der Waals surface area contributed by atoms with E-state index in [1.165, 1.54) is 218 Å². The lowest BCUT2D eigenvalue weighted by molar-refractivity contribution is -0.870. The van der Waals surface area contributed by atoms with Crippen LogP contribution in [-0.2, 0) is 32.7 Å². The number of phosphoric ester groups is 1. The highest BCUT2D eigenvalue weighted by atomic mass is 31.2. The normalized spacial score (nSPS) is 13.4. The SMILES string of the molecule is CCCCCCCC/C=C/CCCCCCCCCCCCCC(=O)O[C@H](COC(=O)CCC/C=C/CCCCCCCCCCCCCCCCCCCC)COP(=O)(O)OCC[N+](C)(C)C. The number of quaternary nitrogens is 1. The smallest absolute Gasteiger partial charge is 0.462 e. The molecule has 1 unspecified atom stereocenters. The molecule has 0 bridgehead atoms. The van der Waals surface area contributed by atoms with E-state index in [2.05, 4.69) is 38.2 Å². The lowest BCUT2D eigenvalue weighted by Crippen LogP contribution is -2.37. The monoisotopic (exact) mass is 983 g/mol. The van der Waals surface area contributed by atoms with Crippen LogP contribution in [0.15, 0.2) is 24.3 Å². The molecule has 10 heteroatoms. The van der Waals surface area contributed by atoms with Crippen molar-refractivity contribution in [3.63, 3.8) is 0 Å². The van der Waals surface area contributed by atoms with Gasteiger partial charge >= 0.3 is 19.8 Å². The van der Waals surface area contributed by atoms with Gasteiger partial charge in [0.25, 0.3) is 0 Å². The van der Waals surface area contributed by atoms with Crippen LogP contribution in [0, 0.1) is 0 Å². The van der Waals surface area contributed by atoms with Crippen LogP contribution in [0.3, 0.4) is 0 Å². The number of phosphoric acid groups is 1. The average molecular weight is 984 g/mol. The molecule has 0 aromatic heterocycles. The van der Waals surface area contributed by atoms with Crippen LogP contribution in [0.2, 0.25) is 0 Å². The van der Waals surface area contributed by atoms with Crippen molar-refractivity contribution >= 4 is 19.8 Å². The molecule has 68 heavy (non-hydrogen) atoms. The number of ether oxygens (including phenoxy) is 2. The van der Waals surface area contributed by atoms with Crippen LogP contribution in [0.5, 0.6) is 0 Å². The van der Waals surface area contributed by atoms with E-state index in [0.717, 1.165) is 25.7 Å². The van der Waals surface area contributed by atoms with Gasteiger partial charge in [-0.25, -0.2) is 4.57 Å². The Morgan fingerprint density at radius 2 is 0.765 bits per heavy atom. The Labute approximate surface area is 421 Å². The average Bonchev–Trinajstić information content (AvgIpc) is 3.30. The van der Waals surface area contributed by atoms with Crippen molar-refractivity contribution in [1.82, 2.24) is 0 Å². The Hall–Kier alpha value is -1.51. The number of hydrogen-bond donors (Lipinski definition) is 1. The second-order valence-electron chi connectivity index (χ2n) is 21.0. The molecule has 0 aliphatic carbocycles. The number of likely N-dealkylation sites (N-methyl/N-ethyl adjacent to an activating group) is 1. The molecule has 1 N–H and O–H groups in total. The molecule has 0 aliphatic heterocycles. The molecule has 2 atom stereocenters. The highest BCUT2D eigenvalue weighted by Crippen LogP contribution is 2.43. The summed E-state index contributed by atoms with van der Waals surface area (Å²) >= 11 is 0. The third-order valence-corrected chi connectivity index (χ3v) is 13.9. The molecule has 0 heterocycles. The zero-order chi connectivity index (χ0) is 49.9. The molecule has 0 saturated carbocycles. The maximum Gasteiger partial charge on any atom is 0.472 e. The Bertz CT molecular complexity index is 1200. The van der Waals surface area contributed by atoms with E-state index in [9.17, 15) is 19.0 Å². The summed E-state index contributed by atoms with van der Waals surface area (Å²) < 4.78 is 34.5. The van der Waals surface area contributed by atoms with Crippen LogP contribution >= 0.6 is 7.82 Å². The summed E-state index contributed by atoms with van der Waals surface area (Å²) in [6.07, 6.45) is 59.7. The molecule has 0 aliphatic rings. The number of allylic oxidation sites excluding steroid dienone is 4. The van der Waals surface area contributed by atoms with Gasteiger partial charge in [-0.3, -0.25) is 18.6 Å². The minimum Gasteiger partial charge on any atom is -0.462 e. The summed E-state index contributed by atoms with van der Waals surface area (Å²) in [7, 11) is 1.48. The summed E-state index contributed by atoms with van der Waals surface area (Å²) in [5, 5.41) is 0. The first kappa shape index (κ1) is 66.5. The number of carbonyl (C=O) groups is 2. The van der Waals surface area contributed by atoms with E-state index in [0.29, 0.717) is 23.9 Å². The van der Waals surface area contributed by atoms with E-state index in [1.807, 2.05) is 21.1 Å². The lowest BCUT2D eigenvalue weighted by Gasteiger charge is -2.24. The van der Waals surface area contributed by atoms with Gasteiger partial charge in [-0.15, -0.1) is 0 Å². The highest BCUT2D eigenvalue weighted by molar-refractivity contribution is 7.47. The molecule has 0 rings (SSSR count). The molecular formula is C58H113NO8P+. The molecule has 0 amide bonds. The number of nitrogens with zero attached hydrogens (tertiary/aromatic N) is 1. The first-order chi connectivity index (χ1) is 33.0. The van der Waals surface area contributed by atoms with Gasteiger partial charge in [0.1, 0.15) is 19.8 Å². The fourth-order valence-electron chi connectivity index (χ4n) is 8.43. The van der Waals surface area contributed by atoms with Crippen molar-refractivity contribution in [2.45, 2.75) is 290 Å². The number of carbonyl (C=O) groups excluding carboxylic acids is 2. The summed E-state index contributed by atoms with van der Waals surface area (Å²) in [6.45, 7) is 4.45. The van der Waals surface area contributed by atoms with Crippen molar-refractivity contribution < 1.29 is 42.1 Å². The van der Waals surface area contributed by atoms with E-state index in [4.69, 9.17) is 18.5 Å². The standard InChI is InChI=1S/C58H112NO8P/c1-6-8-10-12-14-16-18-20-22-24-26-28-29-31-32-34-36-38-40-42-44-46-48-50-57(60)64-54-56(55-66-68(62,63)65-53-52-59(3,4)5)67-58(61)51-49-47-45-43-41-39-37-35-33-30-27-25-23-21-19-17-15-13-11-9-7-2/h21,23,42,44,56H,6-20,22,24-41,43,45-55H2,1-5H3/p+1/b23-21+,44-42+/t56-/m1/s1. The molecule has 9 nitrogen and oxygen atoms in total. The number of rotatable bonds is 54. The lowest BCUT2D eigenvalue weighted by atomic mass is 10.0. The first-order valence-corrected chi connectivity index (χ1v) is 30.6. The van der Waals surface area contributed by atoms with E-state index in [1.54, 1.807) is 0 Å². The van der Waals surface area contributed by atoms with Gasteiger partial charge in [0.05, 0.1) is 27.7 Å². The summed E-state index contributed by atoms with van der Waals surface area (Å²) in [6, 6.07) is 0. The van der Waals surface area contributed by atoms with Gasteiger partial charge in [0.15, 0.2) is 6.10 Å². The summed E-state index contributed by atoms with van der Waals surface area (Å²) in [5.41, 5.74) is 0. The minimum absolute atomic E-state index is 0.0300. The molecule has 0 aromatic rings. The topological polar surface area (TPSA) is 108 Å². The van der Waals surface area contributed by atoms with Gasteiger partial charge in [-0.1, -0.05) is 237 Å². The fraction of sp³-hybridized carbons (Fsp3) is 0.897. The Morgan fingerprint density at radius 1 is 0.441 bits per heavy atom. The highest BCUT2D eigenvalue weighted by Gasteiger charge is 2.27. The van der Waals surface area contributed by atoms with Crippen LogP contribution in [0.25, 0.3) is 0 Å². The van der Waals surface area contributed by atoms with Crippen molar-refractivity contribution in [2.75, 3.05) is 47.5 Å². The predicted octanol–water partition coefficient (Wildman–Crippen LogP) is 17.8. The van der Waals surface area contributed by atoms with Gasteiger partial charge in [-0.05, 0) is 57.8 Å². The van der Waals surface area contributed by atoms with Gasteiger partial charge < -0.3 is 18.9 Å². The molecule has 0 fully saturated rings. The third-order valence-electron chi connectivity index (χ3n) is 13.0. The Balaban J connectivity index is 4.17. The second-order valence-corrected chi connectivity index (χ2v) is 22.5. The maximum absolute atomic E-state index is 12.8. The molecule has 0 spiro atoms.